The van der Waals surface area contributed by atoms with Gasteiger partial charge in [0.15, 0.2) is 11.7 Å². The molecule has 0 fully saturated rings. The first-order chi connectivity index (χ1) is 13.6. The Morgan fingerprint density at radius 3 is 2.59 bits per heavy atom. The van der Waals surface area contributed by atoms with Crippen molar-refractivity contribution in [1.29, 1.82) is 0 Å². The Hall–Kier alpha value is -2.10. The van der Waals surface area contributed by atoms with Gasteiger partial charge in [0.1, 0.15) is 0 Å². The van der Waals surface area contributed by atoms with Crippen molar-refractivity contribution in [1.82, 2.24) is 15.8 Å². The molecule has 0 unspecified atom stereocenters. The van der Waals surface area contributed by atoms with Gasteiger partial charge < -0.3 is 20.5 Å². The smallest absolute Gasteiger partial charge is 0.243 e. The highest BCUT2D eigenvalue weighted by molar-refractivity contribution is 14.0. The number of nitrogens with one attached hydrogen (secondary N) is 3. The molecule has 0 saturated heterocycles. The molecule has 0 atom stereocenters. The first-order valence-corrected chi connectivity index (χ1v) is 9.88. The summed E-state index contributed by atoms with van der Waals surface area (Å²) >= 11 is 0. The molecule has 0 aliphatic rings. The quantitative estimate of drug-likeness (QED) is 0.267. The Kier molecular flexibility index (Phi) is 11.3. The molecule has 0 bridgehead atoms. The van der Waals surface area contributed by atoms with Crippen molar-refractivity contribution in [3.63, 3.8) is 0 Å². The molecule has 7 nitrogen and oxygen atoms in total. The number of hydrogen-bond donors (Lipinski definition) is 3. The van der Waals surface area contributed by atoms with Crippen molar-refractivity contribution in [2.24, 2.45) is 4.99 Å². The van der Waals surface area contributed by atoms with E-state index in [1.165, 1.54) is 5.56 Å². The molecule has 8 heteroatoms. The summed E-state index contributed by atoms with van der Waals surface area (Å²) in [6.45, 7) is 6.95. The number of carbonyl (C=O) groups excluding carboxylic acids is 1. The van der Waals surface area contributed by atoms with Crippen LogP contribution >= 0.6 is 24.0 Å². The highest BCUT2D eigenvalue weighted by Crippen LogP contribution is 2.22. The van der Waals surface area contributed by atoms with Crippen LogP contribution in [0.25, 0.3) is 0 Å². The molecule has 1 heterocycles. The van der Waals surface area contributed by atoms with Crippen molar-refractivity contribution in [3.05, 3.63) is 47.3 Å². The number of carbonyl (C=O) groups is 1. The van der Waals surface area contributed by atoms with Gasteiger partial charge in [-0.05, 0) is 37.0 Å². The van der Waals surface area contributed by atoms with Crippen LogP contribution in [-0.4, -0.2) is 30.6 Å². The summed E-state index contributed by atoms with van der Waals surface area (Å²) in [5.41, 5.74) is 2.96. The van der Waals surface area contributed by atoms with E-state index in [1.54, 1.807) is 7.05 Å². The zero-order chi connectivity index (χ0) is 20.4. The van der Waals surface area contributed by atoms with Gasteiger partial charge in [-0.3, -0.25) is 9.79 Å². The molecule has 0 aliphatic heterocycles. The second kappa shape index (κ2) is 13.2. The molecule has 2 rings (SSSR count). The minimum atomic E-state index is -0.133. The predicted molar refractivity (Wildman–Crippen MR) is 128 cm³/mol. The number of aryl methyl sites for hydroxylation is 1. The van der Waals surface area contributed by atoms with E-state index in [1.807, 2.05) is 30.3 Å². The van der Waals surface area contributed by atoms with Crippen molar-refractivity contribution in [2.75, 3.05) is 18.9 Å². The fourth-order valence-electron chi connectivity index (χ4n) is 2.94. The van der Waals surface area contributed by atoms with E-state index in [2.05, 4.69) is 46.9 Å². The molecule has 0 radical (unpaired) electrons. The van der Waals surface area contributed by atoms with Crippen LogP contribution in [0.5, 0.6) is 0 Å². The van der Waals surface area contributed by atoms with Crippen molar-refractivity contribution in [3.8, 4) is 0 Å². The summed E-state index contributed by atoms with van der Waals surface area (Å²) in [5.74, 6) is 1.56. The van der Waals surface area contributed by atoms with Gasteiger partial charge in [-0.2, -0.15) is 0 Å². The molecule has 0 aliphatic carbocycles. The fourth-order valence-corrected chi connectivity index (χ4v) is 2.94. The van der Waals surface area contributed by atoms with E-state index in [4.69, 9.17) is 4.52 Å². The number of aromatic nitrogens is 1. The third kappa shape index (κ3) is 8.04. The summed E-state index contributed by atoms with van der Waals surface area (Å²) in [4.78, 5) is 16.3. The number of anilines is 1. The first-order valence-electron chi connectivity index (χ1n) is 9.88. The molecule has 1 amide bonds. The number of benzene rings is 1. The Morgan fingerprint density at radius 2 is 1.93 bits per heavy atom. The summed E-state index contributed by atoms with van der Waals surface area (Å²) in [6, 6.07) is 9.82. The van der Waals surface area contributed by atoms with Gasteiger partial charge in [-0.25, -0.2) is 0 Å². The molecular weight excluding hydrogens is 481 g/mol. The van der Waals surface area contributed by atoms with E-state index < -0.39 is 0 Å². The molecule has 0 saturated carbocycles. The Bertz CT molecular complexity index is 787. The summed E-state index contributed by atoms with van der Waals surface area (Å²) in [5, 5.41) is 13.2. The Morgan fingerprint density at radius 1 is 1.17 bits per heavy atom. The van der Waals surface area contributed by atoms with Crippen LogP contribution < -0.4 is 16.0 Å². The Labute approximate surface area is 190 Å². The molecule has 0 spiro atoms. The zero-order valence-electron chi connectivity index (χ0n) is 17.6. The third-order valence-electron chi connectivity index (χ3n) is 4.67. The maximum absolute atomic E-state index is 12.2. The molecule has 1 aromatic carbocycles. The van der Waals surface area contributed by atoms with Crippen molar-refractivity contribution in [2.45, 2.75) is 52.5 Å². The standard InChI is InChI=1S/C21H31N5O2.HI/c1-5-15-9-8-10-17(11-15)25-20(27)14-24-21(22-4)23-13-18-12-19(26-28-18)16(6-2)7-3;/h8-12,16H,5-7,13-14H2,1-4H3,(H,25,27)(H2,22,23,24);1H. The van der Waals surface area contributed by atoms with Crippen LogP contribution in [0.3, 0.4) is 0 Å². The van der Waals surface area contributed by atoms with E-state index in [0.29, 0.717) is 18.4 Å². The first kappa shape index (κ1) is 24.9. The van der Waals surface area contributed by atoms with Gasteiger partial charge in [0.05, 0.1) is 18.8 Å². The number of aliphatic imine (C=N–C) groups is 1. The topological polar surface area (TPSA) is 91.5 Å². The van der Waals surface area contributed by atoms with Crippen LogP contribution in [-0.2, 0) is 17.8 Å². The second-order valence-electron chi connectivity index (χ2n) is 6.61. The number of hydrogen-bond acceptors (Lipinski definition) is 4. The third-order valence-corrected chi connectivity index (χ3v) is 4.67. The number of amides is 1. The van der Waals surface area contributed by atoms with E-state index in [9.17, 15) is 4.79 Å². The molecule has 160 valence electrons. The van der Waals surface area contributed by atoms with Crippen LogP contribution in [0.2, 0.25) is 0 Å². The van der Waals surface area contributed by atoms with Crippen LogP contribution in [0.15, 0.2) is 39.8 Å². The summed E-state index contributed by atoms with van der Waals surface area (Å²) < 4.78 is 5.40. The fraction of sp³-hybridized carbons (Fsp3) is 0.476. The lowest BCUT2D eigenvalue weighted by molar-refractivity contribution is -0.115. The van der Waals surface area contributed by atoms with Gasteiger partial charge in [-0.1, -0.05) is 38.1 Å². The number of halogens is 1. The van der Waals surface area contributed by atoms with Crippen LogP contribution in [0, 0.1) is 0 Å². The van der Waals surface area contributed by atoms with Crippen molar-refractivity contribution < 1.29 is 9.32 Å². The van der Waals surface area contributed by atoms with Gasteiger partial charge in [0.2, 0.25) is 5.91 Å². The van der Waals surface area contributed by atoms with Gasteiger partial charge in [-0.15, -0.1) is 24.0 Å². The summed E-state index contributed by atoms with van der Waals surface area (Å²) in [6.07, 6.45) is 3.00. The second-order valence-corrected chi connectivity index (χ2v) is 6.61. The molecule has 3 N–H and O–H groups in total. The number of nitrogens with zero attached hydrogens (tertiary/aromatic N) is 2. The minimum Gasteiger partial charge on any atom is -0.359 e. The van der Waals surface area contributed by atoms with Gasteiger partial charge in [0, 0.05) is 24.7 Å². The minimum absolute atomic E-state index is 0. The largest absolute Gasteiger partial charge is 0.359 e. The lowest BCUT2D eigenvalue weighted by Crippen LogP contribution is -2.41. The van der Waals surface area contributed by atoms with E-state index in [0.717, 1.165) is 36.4 Å². The zero-order valence-corrected chi connectivity index (χ0v) is 19.9. The maximum Gasteiger partial charge on any atom is 0.243 e. The predicted octanol–water partition coefficient (Wildman–Crippen LogP) is 4.06. The lowest BCUT2D eigenvalue weighted by atomic mass is 9.99. The van der Waals surface area contributed by atoms with Crippen molar-refractivity contribution >= 4 is 41.5 Å². The van der Waals surface area contributed by atoms with E-state index >= 15 is 0 Å². The van der Waals surface area contributed by atoms with E-state index in [-0.39, 0.29) is 36.4 Å². The van der Waals surface area contributed by atoms with Crippen LogP contribution in [0.1, 0.15) is 56.5 Å². The highest BCUT2D eigenvalue weighted by atomic mass is 127. The molecular formula is C21H32IN5O2. The van der Waals surface area contributed by atoms with Gasteiger partial charge >= 0.3 is 0 Å². The molecule has 29 heavy (non-hydrogen) atoms. The van der Waals surface area contributed by atoms with Crippen LogP contribution in [0.4, 0.5) is 5.69 Å². The molecule has 1 aromatic heterocycles. The normalized spacial score (nSPS) is 11.1. The lowest BCUT2D eigenvalue weighted by Gasteiger charge is -2.11. The SMILES string of the molecule is CCc1cccc(NC(=O)CNC(=NC)NCc2cc(C(CC)CC)no2)c1.I. The number of guanidine groups is 1. The monoisotopic (exact) mass is 513 g/mol. The average molecular weight is 513 g/mol. The molecule has 2 aromatic rings. The number of rotatable bonds is 9. The highest BCUT2D eigenvalue weighted by Gasteiger charge is 2.13. The Balaban J connectivity index is 0.00000420. The average Bonchev–Trinajstić information content (AvgIpc) is 3.18. The maximum atomic E-state index is 12.2. The summed E-state index contributed by atoms with van der Waals surface area (Å²) in [7, 11) is 1.66. The van der Waals surface area contributed by atoms with Gasteiger partial charge in [0.25, 0.3) is 0 Å².